The molecule has 1 atom stereocenters. The fraction of sp³-hybridized carbons (Fsp3) is 0.800. The third kappa shape index (κ3) is 3.47. The quantitative estimate of drug-likeness (QED) is 0.363. The zero-order valence-electron chi connectivity index (χ0n) is 11.1. The number of carbonyl (C=O) groups excluding carboxylic acids is 1. The van der Waals surface area contributed by atoms with Crippen LogP contribution in [0.3, 0.4) is 0 Å². The van der Waals surface area contributed by atoms with E-state index in [1.165, 1.54) is 38.5 Å². The highest BCUT2D eigenvalue weighted by atomic mass is 16.1. The van der Waals surface area contributed by atoms with E-state index in [0.29, 0.717) is 5.41 Å². The second kappa shape index (κ2) is 6.22. The van der Waals surface area contributed by atoms with Gasteiger partial charge in [-0.15, -0.1) is 0 Å². The third-order valence-corrected chi connectivity index (χ3v) is 4.43. The highest BCUT2D eigenvalue weighted by Crippen LogP contribution is 2.45. The van der Waals surface area contributed by atoms with Crippen LogP contribution in [0.25, 0.3) is 0 Å². The molecule has 1 rings (SSSR count). The summed E-state index contributed by atoms with van der Waals surface area (Å²) in [5, 5.41) is 0. The maximum absolute atomic E-state index is 10.3. The average Bonchev–Trinajstić information content (AvgIpc) is 2.30. The van der Waals surface area contributed by atoms with E-state index in [9.17, 15) is 4.79 Å². The predicted molar refractivity (Wildman–Crippen MR) is 69.5 cm³/mol. The van der Waals surface area contributed by atoms with Crippen LogP contribution in [0.2, 0.25) is 0 Å². The van der Waals surface area contributed by atoms with Gasteiger partial charge in [-0.05, 0) is 51.4 Å². The summed E-state index contributed by atoms with van der Waals surface area (Å²) in [6.45, 7) is 6.90. The fourth-order valence-corrected chi connectivity index (χ4v) is 2.89. The largest absolute Gasteiger partial charge is 0.303 e. The molecule has 0 aliphatic heterocycles. The molecular formula is C15H26O. The Morgan fingerprint density at radius 3 is 2.56 bits per heavy atom. The topological polar surface area (TPSA) is 17.1 Å². The van der Waals surface area contributed by atoms with E-state index < -0.39 is 0 Å². The fourth-order valence-electron chi connectivity index (χ4n) is 2.89. The van der Waals surface area contributed by atoms with Crippen LogP contribution in [0.15, 0.2) is 11.1 Å². The molecule has 1 aliphatic rings. The van der Waals surface area contributed by atoms with E-state index in [1.54, 1.807) is 11.1 Å². The monoisotopic (exact) mass is 222 g/mol. The lowest BCUT2D eigenvalue weighted by molar-refractivity contribution is -0.107. The van der Waals surface area contributed by atoms with Gasteiger partial charge in [-0.1, -0.05) is 30.9 Å². The van der Waals surface area contributed by atoms with Gasteiger partial charge in [0.15, 0.2) is 0 Å². The molecular weight excluding hydrogens is 196 g/mol. The zero-order valence-corrected chi connectivity index (χ0v) is 11.1. The molecule has 0 saturated heterocycles. The van der Waals surface area contributed by atoms with Crippen LogP contribution in [0, 0.1) is 5.41 Å². The van der Waals surface area contributed by atoms with Gasteiger partial charge in [0, 0.05) is 6.42 Å². The number of rotatable bonds is 6. The van der Waals surface area contributed by atoms with E-state index in [-0.39, 0.29) is 0 Å². The average molecular weight is 222 g/mol. The van der Waals surface area contributed by atoms with E-state index >= 15 is 0 Å². The van der Waals surface area contributed by atoms with Crippen molar-refractivity contribution in [2.75, 3.05) is 0 Å². The number of hydrogen-bond acceptors (Lipinski definition) is 1. The molecule has 0 fully saturated rings. The minimum atomic E-state index is 0.548. The lowest BCUT2D eigenvalue weighted by Crippen LogP contribution is -2.24. The van der Waals surface area contributed by atoms with Crippen molar-refractivity contribution in [2.24, 2.45) is 5.41 Å². The molecule has 0 saturated carbocycles. The van der Waals surface area contributed by atoms with Crippen molar-refractivity contribution in [3.63, 3.8) is 0 Å². The van der Waals surface area contributed by atoms with E-state index in [4.69, 9.17) is 0 Å². The number of unbranched alkanes of at least 4 members (excludes halogenated alkanes) is 2. The first-order valence-electron chi connectivity index (χ1n) is 6.72. The molecule has 0 heterocycles. The Hall–Kier alpha value is -0.590. The minimum Gasteiger partial charge on any atom is -0.303 e. The normalized spacial score (nSPS) is 25.9. The van der Waals surface area contributed by atoms with Gasteiger partial charge < -0.3 is 4.79 Å². The Labute approximate surface area is 100 Å². The number of carbonyl (C=O) groups is 1. The summed E-state index contributed by atoms with van der Waals surface area (Å²) in [7, 11) is 0. The molecule has 1 heteroatoms. The molecule has 0 bridgehead atoms. The van der Waals surface area contributed by atoms with Crippen LogP contribution in [0.5, 0.6) is 0 Å². The Morgan fingerprint density at radius 2 is 2.00 bits per heavy atom. The molecule has 1 nitrogen and oxygen atoms in total. The summed E-state index contributed by atoms with van der Waals surface area (Å²) in [5.74, 6) is 0. The zero-order chi connectivity index (χ0) is 12.0. The predicted octanol–water partition coefficient (Wildman–Crippen LogP) is 4.66. The standard InChI is InChI=1S/C15H26O/c1-4-15(9-6-5-7-11-16)10-8-13(2)14(3)12-15/h11H,4-10,12H2,1-3H3. The van der Waals surface area contributed by atoms with Gasteiger partial charge in [0.05, 0.1) is 0 Å². The number of hydrogen-bond donors (Lipinski definition) is 0. The lowest BCUT2D eigenvalue weighted by Gasteiger charge is -2.38. The maximum atomic E-state index is 10.3. The van der Waals surface area contributed by atoms with E-state index in [2.05, 4.69) is 20.8 Å². The van der Waals surface area contributed by atoms with Gasteiger partial charge in [-0.3, -0.25) is 0 Å². The Balaban J connectivity index is 2.49. The van der Waals surface area contributed by atoms with Crippen molar-refractivity contribution >= 4 is 6.29 Å². The minimum absolute atomic E-state index is 0.548. The summed E-state index contributed by atoms with van der Waals surface area (Å²) in [6.07, 6.45) is 10.6. The van der Waals surface area contributed by atoms with Crippen LogP contribution >= 0.6 is 0 Å². The molecule has 0 aromatic carbocycles. The molecule has 0 aromatic rings. The molecule has 0 N–H and O–H groups in total. The maximum Gasteiger partial charge on any atom is 0.119 e. The van der Waals surface area contributed by atoms with Crippen molar-refractivity contribution < 1.29 is 4.79 Å². The second-order valence-electron chi connectivity index (χ2n) is 5.50. The van der Waals surface area contributed by atoms with Crippen LogP contribution in [-0.2, 0) is 4.79 Å². The molecule has 0 radical (unpaired) electrons. The highest BCUT2D eigenvalue weighted by molar-refractivity contribution is 5.48. The van der Waals surface area contributed by atoms with Gasteiger partial charge in [0.1, 0.15) is 6.29 Å². The first kappa shape index (κ1) is 13.5. The van der Waals surface area contributed by atoms with E-state index in [0.717, 1.165) is 19.1 Å². The van der Waals surface area contributed by atoms with Gasteiger partial charge in [-0.25, -0.2) is 0 Å². The molecule has 1 aliphatic carbocycles. The van der Waals surface area contributed by atoms with Crippen LogP contribution in [0.1, 0.15) is 72.1 Å². The molecule has 16 heavy (non-hydrogen) atoms. The molecule has 0 aromatic heterocycles. The van der Waals surface area contributed by atoms with Crippen molar-refractivity contribution in [2.45, 2.75) is 72.1 Å². The first-order valence-corrected chi connectivity index (χ1v) is 6.72. The molecule has 0 spiro atoms. The Morgan fingerprint density at radius 1 is 1.25 bits per heavy atom. The van der Waals surface area contributed by atoms with Crippen molar-refractivity contribution in [3.05, 3.63) is 11.1 Å². The Bertz CT molecular complexity index is 265. The summed E-state index contributed by atoms with van der Waals surface area (Å²) in [4.78, 5) is 10.3. The smallest absolute Gasteiger partial charge is 0.119 e. The summed E-state index contributed by atoms with van der Waals surface area (Å²) in [5.41, 5.74) is 3.77. The lowest BCUT2D eigenvalue weighted by atomic mass is 9.68. The van der Waals surface area contributed by atoms with Crippen molar-refractivity contribution in [1.82, 2.24) is 0 Å². The Kier molecular flexibility index (Phi) is 5.24. The summed E-state index contributed by atoms with van der Waals surface area (Å²) in [6, 6.07) is 0. The van der Waals surface area contributed by atoms with Gasteiger partial charge in [0.25, 0.3) is 0 Å². The van der Waals surface area contributed by atoms with Crippen molar-refractivity contribution in [3.8, 4) is 0 Å². The third-order valence-electron chi connectivity index (χ3n) is 4.43. The molecule has 0 amide bonds. The van der Waals surface area contributed by atoms with Gasteiger partial charge in [0.2, 0.25) is 0 Å². The summed E-state index contributed by atoms with van der Waals surface area (Å²) >= 11 is 0. The number of allylic oxidation sites excluding steroid dienone is 2. The van der Waals surface area contributed by atoms with Crippen LogP contribution < -0.4 is 0 Å². The number of aldehydes is 1. The second-order valence-corrected chi connectivity index (χ2v) is 5.50. The highest BCUT2D eigenvalue weighted by Gasteiger charge is 2.30. The van der Waals surface area contributed by atoms with E-state index in [1.807, 2.05) is 0 Å². The summed E-state index contributed by atoms with van der Waals surface area (Å²) < 4.78 is 0. The molecule has 1 unspecified atom stereocenters. The van der Waals surface area contributed by atoms with Gasteiger partial charge in [-0.2, -0.15) is 0 Å². The van der Waals surface area contributed by atoms with Crippen LogP contribution in [0.4, 0.5) is 0 Å². The van der Waals surface area contributed by atoms with Gasteiger partial charge >= 0.3 is 0 Å². The first-order chi connectivity index (χ1) is 7.63. The van der Waals surface area contributed by atoms with Crippen molar-refractivity contribution in [1.29, 1.82) is 0 Å². The molecule has 92 valence electrons. The van der Waals surface area contributed by atoms with Crippen LogP contribution in [-0.4, -0.2) is 6.29 Å². The SMILES string of the molecule is CCC1(CCCCC=O)CCC(C)=C(C)C1.